The first-order chi connectivity index (χ1) is 9.29. The molecule has 2 atom stereocenters. The Labute approximate surface area is 122 Å². The Morgan fingerprint density at radius 2 is 1.89 bits per heavy atom. The van der Waals surface area contributed by atoms with E-state index in [1.54, 1.807) is 0 Å². The molecule has 1 aliphatic rings. The van der Waals surface area contributed by atoms with Gasteiger partial charge in [-0.25, -0.2) is 0 Å². The number of nitrogens with one attached hydrogen (secondary N) is 1. The number of nitrogens with two attached hydrogens (primary N) is 1. The Morgan fingerprint density at radius 3 is 2.63 bits per heavy atom. The van der Waals surface area contributed by atoms with Crippen molar-refractivity contribution < 1.29 is 0 Å². The minimum absolute atomic E-state index is 0.0612. The van der Waals surface area contributed by atoms with Gasteiger partial charge in [-0.15, -0.1) is 11.8 Å². The summed E-state index contributed by atoms with van der Waals surface area (Å²) in [6, 6.07) is 16.5. The van der Waals surface area contributed by atoms with Crippen molar-refractivity contribution in [2.75, 3.05) is 0 Å². The van der Waals surface area contributed by atoms with Crippen LogP contribution < -0.4 is 11.3 Å². The second-order valence-corrected chi connectivity index (χ2v) is 6.32. The highest BCUT2D eigenvalue weighted by Gasteiger charge is 2.30. The summed E-state index contributed by atoms with van der Waals surface area (Å²) in [5.74, 6) is 5.77. The lowest BCUT2D eigenvalue weighted by molar-refractivity contribution is 0.533. The van der Waals surface area contributed by atoms with E-state index in [1.165, 1.54) is 10.5 Å². The standard InChI is InChI=1S/C15H15ClN2S/c16-12-7-3-2-6-11(12)15(18-17)14-9-10-5-1-4-8-13(10)19-14/h1-8,14-15,18H,9,17H2. The van der Waals surface area contributed by atoms with Crippen LogP contribution in [0.25, 0.3) is 0 Å². The van der Waals surface area contributed by atoms with Gasteiger partial charge in [-0.2, -0.15) is 0 Å². The van der Waals surface area contributed by atoms with Gasteiger partial charge in [0.15, 0.2) is 0 Å². The van der Waals surface area contributed by atoms with E-state index in [2.05, 4.69) is 29.7 Å². The summed E-state index contributed by atoms with van der Waals surface area (Å²) in [5, 5.41) is 1.14. The van der Waals surface area contributed by atoms with Crippen molar-refractivity contribution >= 4 is 23.4 Å². The first kappa shape index (κ1) is 13.0. The second kappa shape index (κ2) is 5.55. The van der Waals surface area contributed by atoms with Crippen LogP contribution in [-0.2, 0) is 6.42 Å². The summed E-state index contributed by atoms with van der Waals surface area (Å²) in [5.41, 5.74) is 5.39. The third-order valence-electron chi connectivity index (χ3n) is 3.46. The van der Waals surface area contributed by atoms with Gasteiger partial charge in [0, 0.05) is 15.2 Å². The van der Waals surface area contributed by atoms with E-state index >= 15 is 0 Å². The molecule has 1 heterocycles. The summed E-state index contributed by atoms with van der Waals surface area (Å²) < 4.78 is 0. The fourth-order valence-electron chi connectivity index (χ4n) is 2.52. The highest BCUT2D eigenvalue weighted by molar-refractivity contribution is 8.00. The molecule has 3 rings (SSSR count). The molecule has 4 heteroatoms. The quantitative estimate of drug-likeness (QED) is 0.670. The van der Waals surface area contributed by atoms with Gasteiger partial charge in [-0.3, -0.25) is 11.3 Å². The highest BCUT2D eigenvalue weighted by atomic mass is 35.5. The summed E-state index contributed by atoms with van der Waals surface area (Å²) in [6.45, 7) is 0. The van der Waals surface area contributed by atoms with Crippen molar-refractivity contribution in [2.45, 2.75) is 22.6 Å². The molecule has 0 bridgehead atoms. The van der Waals surface area contributed by atoms with Gasteiger partial charge >= 0.3 is 0 Å². The number of rotatable bonds is 3. The second-order valence-electron chi connectivity index (χ2n) is 4.63. The number of thioether (sulfide) groups is 1. The maximum Gasteiger partial charge on any atom is 0.0600 e. The fraction of sp³-hybridized carbons (Fsp3) is 0.200. The van der Waals surface area contributed by atoms with Crippen LogP contribution in [0, 0.1) is 0 Å². The van der Waals surface area contributed by atoms with Gasteiger partial charge in [-0.05, 0) is 29.7 Å². The van der Waals surface area contributed by atoms with E-state index in [4.69, 9.17) is 17.4 Å². The Kier molecular flexibility index (Phi) is 3.80. The normalized spacial score (nSPS) is 19.2. The van der Waals surface area contributed by atoms with E-state index in [1.807, 2.05) is 36.0 Å². The molecule has 0 saturated carbocycles. The van der Waals surface area contributed by atoms with Crippen LogP contribution in [0.2, 0.25) is 5.02 Å². The summed E-state index contributed by atoms with van der Waals surface area (Å²) >= 11 is 8.15. The molecule has 1 aliphatic heterocycles. The monoisotopic (exact) mass is 290 g/mol. The largest absolute Gasteiger partial charge is 0.271 e. The molecule has 0 spiro atoms. The van der Waals surface area contributed by atoms with Crippen molar-refractivity contribution in [3.8, 4) is 0 Å². The van der Waals surface area contributed by atoms with E-state index in [0.717, 1.165) is 17.0 Å². The first-order valence-corrected chi connectivity index (χ1v) is 7.50. The van der Waals surface area contributed by atoms with Crippen molar-refractivity contribution in [3.63, 3.8) is 0 Å². The molecule has 2 aromatic carbocycles. The van der Waals surface area contributed by atoms with E-state index in [0.29, 0.717) is 5.25 Å². The lowest BCUT2D eigenvalue weighted by atomic mass is 9.99. The van der Waals surface area contributed by atoms with Gasteiger partial charge in [0.2, 0.25) is 0 Å². The molecule has 19 heavy (non-hydrogen) atoms. The Bertz CT molecular complexity index is 563. The third-order valence-corrected chi connectivity index (χ3v) is 5.20. The smallest absolute Gasteiger partial charge is 0.0600 e. The molecular formula is C15H15ClN2S. The molecule has 0 saturated heterocycles. The molecule has 2 unspecified atom stereocenters. The van der Waals surface area contributed by atoms with Crippen molar-refractivity contribution in [1.29, 1.82) is 0 Å². The molecule has 0 aromatic heterocycles. The van der Waals surface area contributed by atoms with Gasteiger partial charge in [0.05, 0.1) is 6.04 Å². The first-order valence-electron chi connectivity index (χ1n) is 6.24. The van der Waals surface area contributed by atoms with Crippen LogP contribution in [0.1, 0.15) is 17.2 Å². The fourth-order valence-corrected chi connectivity index (χ4v) is 4.18. The van der Waals surface area contributed by atoms with Crippen LogP contribution in [0.4, 0.5) is 0 Å². The lowest BCUT2D eigenvalue weighted by Crippen LogP contribution is -2.35. The topological polar surface area (TPSA) is 38.0 Å². The van der Waals surface area contributed by atoms with Crippen molar-refractivity contribution in [1.82, 2.24) is 5.43 Å². The molecule has 98 valence electrons. The Hall–Kier alpha value is -1.00. The van der Waals surface area contributed by atoms with Gasteiger partial charge in [0.25, 0.3) is 0 Å². The molecule has 0 aliphatic carbocycles. The van der Waals surface area contributed by atoms with Crippen LogP contribution in [0.3, 0.4) is 0 Å². The number of hydrogen-bond acceptors (Lipinski definition) is 3. The van der Waals surface area contributed by atoms with Gasteiger partial charge in [0.1, 0.15) is 0 Å². The van der Waals surface area contributed by atoms with Crippen molar-refractivity contribution in [2.24, 2.45) is 5.84 Å². The molecule has 0 amide bonds. The lowest BCUT2D eigenvalue weighted by Gasteiger charge is -2.23. The van der Waals surface area contributed by atoms with Crippen LogP contribution in [-0.4, -0.2) is 5.25 Å². The zero-order valence-corrected chi connectivity index (χ0v) is 11.9. The Balaban J connectivity index is 1.88. The number of benzene rings is 2. The maximum absolute atomic E-state index is 6.28. The SMILES string of the molecule is NNC(c1ccccc1Cl)C1Cc2ccccc2S1. The molecule has 2 aromatic rings. The van der Waals surface area contributed by atoms with E-state index in [-0.39, 0.29) is 6.04 Å². The zero-order valence-electron chi connectivity index (χ0n) is 10.3. The number of halogens is 1. The maximum atomic E-state index is 6.28. The van der Waals surface area contributed by atoms with Gasteiger partial charge < -0.3 is 0 Å². The predicted octanol–water partition coefficient (Wildman–Crippen LogP) is 3.56. The predicted molar refractivity (Wildman–Crippen MR) is 81.3 cm³/mol. The minimum atomic E-state index is 0.0612. The Morgan fingerprint density at radius 1 is 1.16 bits per heavy atom. The van der Waals surface area contributed by atoms with Crippen LogP contribution in [0.5, 0.6) is 0 Å². The summed E-state index contributed by atoms with van der Waals surface area (Å²) in [6.07, 6.45) is 1.01. The van der Waals surface area contributed by atoms with E-state index in [9.17, 15) is 0 Å². The van der Waals surface area contributed by atoms with Gasteiger partial charge in [-0.1, -0.05) is 48.0 Å². The molecule has 2 nitrogen and oxygen atoms in total. The summed E-state index contributed by atoms with van der Waals surface area (Å²) in [7, 11) is 0. The number of hydrogen-bond donors (Lipinski definition) is 2. The van der Waals surface area contributed by atoms with Crippen LogP contribution in [0.15, 0.2) is 53.4 Å². The number of hydrazine groups is 1. The van der Waals surface area contributed by atoms with Crippen LogP contribution >= 0.6 is 23.4 Å². The molecular weight excluding hydrogens is 276 g/mol. The average Bonchev–Trinajstić information content (AvgIpc) is 2.85. The number of fused-ring (bicyclic) bond motifs is 1. The average molecular weight is 291 g/mol. The minimum Gasteiger partial charge on any atom is -0.271 e. The molecule has 3 N–H and O–H groups in total. The molecule has 0 radical (unpaired) electrons. The highest BCUT2D eigenvalue weighted by Crippen LogP contribution is 2.43. The molecule has 0 fully saturated rings. The zero-order chi connectivity index (χ0) is 13.2. The third kappa shape index (κ3) is 2.51. The van der Waals surface area contributed by atoms with Crippen molar-refractivity contribution in [3.05, 3.63) is 64.7 Å². The summed E-state index contributed by atoms with van der Waals surface area (Å²) in [4.78, 5) is 1.35. The van der Waals surface area contributed by atoms with E-state index < -0.39 is 0 Å².